The molecule has 0 aromatic heterocycles. The van der Waals surface area contributed by atoms with Gasteiger partial charge in [-0.3, -0.25) is 9.59 Å². The normalized spacial score (nSPS) is 10.1. The van der Waals surface area contributed by atoms with E-state index in [1.165, 1.54) is 0 Å². The Morgan fingerprint density at radius 1 is 1.12 bits per heavy atom. The average Bonchev–Trinajstić information content (AvgIpc) is 2.58. The highest BCUT2D eigenvalue weighted by Crippen LogP contribution is 2.23. The molecule has 5 nitrogen and oxygen atoms in total. The molecule has 0 saturated carbocycles. The lowest BCUT2D eigenvalue weighted by atomic mass is 10.1. The van der Waals surface area contributed by atoms with E-state index >= 15 is 0 Å². The zero-order valence-corrected chi connectivity index (χ0v) is 14.3. The van der Waals surface area contributed by atoms with Gasteiger partial charge >= 0.3 is 0 Å². The van der Waals surface area contributed by atoms with Crippen molar-refractivity contribution in [2.75, 3.05) is 19.0 Å². The Labute approximate surface area is 146 Å². The Balaban J connectivity index is 2.05. The molecule has 6 heteroatoms. The molecule has 2 rings (SSSR count). The van der Waals surface area contributed by atoms with Gasteiger partial charge in [-0.2, -0.15) is 0 Å². The van der Waals surface area contributed by atoms with Crippen LogP contribution >= 0.6 is 11.6 Å². The Hall–Kier alpha value is -2.53. The van der Waals surface area contributed by atoms with Gasteiger partial charge in [-0.1, -0.05) is 23.7 Å². The fraction of sp³-hybridized carbons (Fsp3) is 0.222. The van der Waals surface area contributed by atoms with Crippen LogP contribution in [-0.4, -0.2) is 25.5 Å². The minimum atomic E-state index is -0.242. The third kappa shape index (κ3) is 4.73. The van der Waals surface area contributed by atoms with Crippen LogP contribution in [0.5, 0.6) is 5.75 Å². The van der Waals surface area contributed by atoms with E-state index in [0.717, 1.165) is 11.3 Å². The molecule has 0 unspecified atom stereocenters. The van der Waals surface area contributed by atoms with Crippen LogP contribution < -0.4 is 15.4 Å². The molecular weight excluding hydrogens is 328 g/mol. The third-order valence-corrected chi connectivity index (χ3v) is 3.66. The second kappa shape index (κ2) is 8.36. The fourth-order valence-electron chi connectivity index (χ4n) is 2.16. The topological polar surface area (TPSA) is 67.4 Å². The molecule has 0 aliphatic heterocycles. The van der Waals surface area contributed by atoms with E-state index < -0.39 is 0 Å². The van der Waals surface area contributed by atoms with Gasteiger partial charge in [-0.05, 0) is 42.8 Å². The van der Waals surface area contributed by atoms with Gasteiger partial charge in [0.05, 0.1) is 23.7 Å². The van der Waals surface area contributed by atoms with Gasteiger partial charge in [0.1, 0.15) is 5.75 Å². The maximum Gasteiger partial charge on any atom is 0.251 e. The van der Waals surface area contributed by atoms with E-state index in [0.29, 0.717) is 22.9 Å². The molecular formula is C18H19ClN2O3. The number of hydrogen-bond acceptors (Lipinski definition) is 3. The molecule has 24 heavy (non-hydrogen) atoms. The van der Waals surface area contributed by atoms with Crippen LogP contribution in [0.4, 0.5) is 5.69 Å². The largest absolute Gasteiger partial charge is 0.494 e. The van der Waals surface area contributed by atoms with Crippen molar-refractivity contribution >= 4 is 29.1 Å². The average molecular weight is 347 g/mol. The molecule has 0 bridgehead atoms. The van der Waals surface area contributed by atoms with Crippen LogP contribution in [0.25, 0.3) is 0 Å². The van der Waals surface area contributed by atoms with Gasteiger partial charge in [-0.25, -0.2) is 0 Å². The second-order valence-corrected chi connectivity index (χ2v) is 5.48. The van der Waals surface area contributed by atoms with Gasteiger partial charge in [0.25, 0.3) is 5.91 Å². The predicted octanol–water partition coefficient (Wildman–Crippen LogP) is 3.28. The first-order valence-electron chi connectivity index (χ1n) is 7.56. The lowest BCUT2D eigenvalue weighted by Crippen LogP contribution is -2.19. The predicted molar refractivity (Wildman–Crippen MR) is 94.8 cm³/mol. The van der Waals surface area contributed by atoms with Crippen molar-refractivity contribution in [2.24, 2.45) is 0 Å². The maximum atomic E-state index is 12.2. The monoisotopic (exact) mass is 346 g/mol. The van der Waals surface area contributed by atoms with Gasteiger partial charge in [0, 0.05) is 12.6 Å². The first kappa shape index (κ1) is 17.8. The summed E-state index contributed by atoms with van der Waals surface area (Å²) in [7, 11) is 1.54. The maximum absolute atomic E-state index is 12.2. The SMILES string of the molecule is CCOc1ccc(CC(=O)Nc2cc(C(=O)NC)ccc2Cl)cc1. The van der Waals surface area contributed by atoms with Crippen molar-refractivity contribution in [3.63, 3.8) is 0 Å². The number of carbonyl (C=O) groups excluding carboxylic acids is 2. The second-order valence-electron chi connectivity index (χ2n) is 5.08. The Morgan fingerprint density at radius 2 is 1.83 bits per heavy atom. The number of carbonyl (C=O) groups is 2. The van der Waals surface area contributed by atoms with E-state index in [1.807, 2.05) is 31.2 Å². The lowest BCUT2D eigenvalue weighted by Gasteiger charge is -2.10. The molecule has 0 aliphatic carbocycles. The van der Waals surface area contributed by atoms with Crippen LogP contribution in [0.3, 0.4) is 0 Å². The number of anilines is 1. The molecule has 2 aromatic carbocycles. The first-order valence-corrected chi connectivity index (χ1v) is 7.94. The van der Waals surface area contributed by atoms with Crippen LogP contribution in [-0.2, 0) is 11.2 Å². The number of ether oxygens (including phenoxy) is 1. The van der Waals surface area contributed by atoms with Gasteiger partial charge in [-0.15, -0.1) is 0 Å². The number of halogens is 1. The summed E-state index contributed by atoms with van der Waals surface area (Å²) in [6.45, 7) is 2.51. The van der Waals surface area contributed by atoms with Crippen LogP contribution in [0.1, 0.15) is 22.8 Å². The molecule has 0 saturated heterocycles. The van der Waals surface area contributed by atoms with Crippen molar-refractivity contribution < 1.29 is 14.3 Å². The molecule has 2 amide bonds. The Morgan fingerprint density at radius 3 is 2.46 bits per heavy atom. The molecule has 126 valence electrons. The van der Waals surface area contributed by atoms with Crippen molar-refractivity contribution in [3.8, 4) is 5.75 Å². The van der Waals surface area contributed by atoms with Crippen molar-refractivity contribution in [1.29, 1.82) is 0 Å². The van der Waals surface area contributed by atoms with Gasteiger partial charge < -0.3 is 15.4 Å². The summed E-state index contributed by atoms with van der Waals surface area (Å²) in [5, 5.41) is 5.64. The quantitative estimate of drug-likeness (QED) is 0.843. The molecule has 0 radical (unpaired) electrons. The number of hydrogen-bond donors (Lipinski definition) is 2. The Bertz CT molecular complexity index is 730. The first-order chi connectivity index (χ1) is 11.5. The summed E-state index contributed by atoms with van der Waals surface area (Å²) >= 11 is 6.08. The minimum absolute atomic E-state index is 0.201. The van der Waals surface area contributed by atoms with Crippen molar-refractivity contribution in [1.82, 2.24) is 5.32 Å². The number of benzene rings is 2. The van der Waals surface area contributed by atoms with Crippen LogP contribution in [0.2, 0.25) is 5.02 Å². The van der Waals surface area contributed by atoms with E-state index in [2.05, 4.69) is 10.6 Å². The summed E-state index contributed by atoms with van der Waals surface area (Å²) in [6.07, 6.45) is 0.201. The van der Waals surface area contributed by atoms with E-state index in [1.54, 1.807) is 25.2 Å². The molecule has 0 atom stereocenters. The van der Waals surface area contributed by atoms with Crippen molar-refractivity contribution in [2.45, 2.75) is 13.3 Å². The van der Waals surface area contributed by atoms with E-state index in [9.17, 15) is 9.59 Å². The zero-order chi connectivity index (χ0) is 17.5. The fourth-order valence-corrected chi connectivity index (χ4v) is 2.32. The molecule has 0 spiro atoms. The summed E-state index contributed by atoms with van der Waals surface area (Å²) in [4.78, 5) is 23.9. The van der Waals surface area contributed by atoms with Gasteiger partial charge in [0.2, 0.25) is 5.91 Å². The molecule has 2 aromatic rings. The molecule has 0 heterocycles. The standard InChI is InChI=1S/C18H19ClN2O3/c1-3-24-14-7-4-12(5-8-14)10-17(22)21-16-11-13(18(23)20-2)6-9-15(16)19/h4-9,11H,3,10H2,1-2H3,(H,20,23)(H,21,22). The smallest absolute Gasteiger partial charge is 0.251 e. The van der Waals surface area contributed by atoms with E-state index in [-0.39, 0.29) is 18.2 Å². The van der Waals surface area contributed by atoms with Crippen molar-refractivity contribution in [3.05, 3.63) is 58.6 Å². The summed E-state index contributed by atoms with van der Waals surface area (Å²) in [6, 6.07) is 12.1. The highest BCUT2D eigenvalue weighted by atomic mass is 35.5. The highest BCUT2D eigenvalue weighted by molar-refractivity contribution is 6.33. The Kier molecular flexibility index (Phi) is 6.21. The summed E-state index contributed by atoms with van der Waals surface area (Å²) < 4.78 is 5.37. The summed E-state index contributed by atoms with van der Waals surface area (Å²) in [5.41, 5.74) is 1.70. The minimum Gasteiger partial charge on any atom is -0.494 e. The van der Waals surface area contributed by atoms with Crippen LogP contribution in [0, 0.1) is 0 Å². The number of rotatable bonds is 6. The molecule has 0 fully saturated rings. The summed E-state index contributed by atoms with van der Waals surface area (Å²) in [5.74, 6) is 0.312. The van der Waals surface area contributed by atoms with E-state index in [4.69, 9.17) is 16.3 Å². The number of amides is 2. The highest BCUT2D eigenvalue weighted by Gasteiger charge is 2.11. The molecule has 0 aliphatic rings. The number of nitrogens with one attached hydrogen (secondary N) is 2. The lowest BCUT2D eigenvalue weighted by molar-refractivity contribution is -0.115. The van der Waals surface area contributed by atoms with Gasteiger partial charge in [0.15, 0.2) is 0 Å². The molecule has 2 N–H and O–H groups in total. The third-order valence-electron chi connectivity index (χ3n) is 3.33. The van der Waals surface area contributed by atoms with Crippen LogP contribution in [0.15, 0.2) is 42.5 Å². The zero-order valence-electron chi connectivity index (χ0n) is 13.6.